The lowest BCUT2D eigenvalue weighted by atomic mass is 9.95. The second kappa shape index (κ2) is 34.3. The van der Waals surface area contributed by atoms with Crippen LogP contribution in [0.15, 0.2) is 0 Å². The largest absolute Gasteiger partial charge is 0.463 e. The normalized spacial score (nSPS) is 31.1. The molecule has 0 amide bonds. The van der Waals surface area contributed by atoms with Gasteiger partial charge in [0.05, 0.1) is 0 Å². The number of thiocarbonyl (C=S) groups is 1. The summed E-state index contributed by atoms with van der Waals surface area (Å²) < 4.78 is 115. The van der Waals surface area contributed by atoms with E-state index in [0.29, 0.717) is 0 Å². The van der Waals surface area contributed by atoms with Crippen molar-refractivity contribution in [3.63, 3.8) is 0 Å². The van der Waals surface area contributed by atoms with E-state index in [4.69, 9.17) is 107 Å². The molecule has 0 aromatic carbocycles. The average molecular weight is 1310 g/mol. The predicted octanol–water partition coefficient (Wildman–Crippen LogP) is -2.31. The van der Waals surface area contributed by atoms with E-state index in [0.717, 1.165) is 96.9 Å². The van der Waals surface area contributed by atoms with Crippen LogP contribution in [0.25, 0.3) is 0 Å². The van der Waals surface area contributed by atoms with Crippen molar-refractivity contribution < 1.29 is 162 Å². The molecule has 0 aromatic rings. The molecule has 0 radical (unpaired) electrons. The molecule has 4 rings (SSSR count). The van der Waals surface area contributed by atoms with Crippen molar-refractivity contribution in [3.8, 4) is 0 Å². The van der Waals surface area contributed by atoms with E-state index in [1.807, 2.05) is 0 Å². The van der Waals surface area contributed by atoms with Crippen LogP contribution in [0.1, 0.15) is 96.9 Å². The van der Waals surface area contributed by atoms with Gasteiger partial charge in [-0.1, -0.05) is 0 Å². The Kier molecular flexibility index (Phi) is 28.4. The summed E-state index contributed by atoms with van der Waals surface area (Å²) in [6.45, 7) is 10.4. The van der Waals surface area contributed by atoms with Crippen molar-refractivity contribution in [3.05, 3.63) is 0 Å². The minimum Gasteiger partial charge on any atom is -0.463 e. The van der Waals surface area contributed by atoms with Crippen molar-refractivity contribution in [1.82, 2.24) is 10.6 Å². The van der Waals surface area contributed by atoms with Gasteiger partial charge in [-0.3, -0.25) is 67.1 Å². The molecule has 0 bridgehead atoms. The summed E-state index contributed by atoms with van der Waals surface area (Å²) in [5.74, 6) is -14.0. The van der Waals surface area contributed by atoms with Crippen LogP contribution in [-0.4, -0.2) is 238 Å². The number of rotatable bonds is 24. The number of carbonyl (C=O) groups excluding carboxylic acids is 14. The van der Waals surface area contributed by atoms with Gasteiger partial charge in [0.2, 0.25) is 0 Å². The van der Waals surface area contributed by atoms with Gasteiger partial charge in [0.15, 0.2) is 91.2 Å². The zero-order chi connectivity index (χ0) is 67.6. The van der Waals surface area contributed by atoms with Crippen LogP contribution < -0.4 is 10.6 Å². The SMILES string of the molecule is CC(=O)OC[C@H]1O[C@@H](O[C@H]2[C@H](OC(C)=O)[C@@H](OC(C)=O)[C@H](NC(=S)N[C@@H]3O[C@H](COC(C)=O)[C@@H](O[C@@H]4O[C@H](COC(C)=O)[C@H](OC(C)=O)[C@H](OC(C)=O)[C@H]4OC(C)=O)[C@H](OC(C)=O)[C@H]3OC(C)=O)O[C@@H]2COC(C)=O)[C@H](OC(C)=O)[C@@H](OC(C)=O)[C@H]1OC(C)=O. The molecule has 0 saturated carbocycles. The first kappa shape index (κ1) is 74.5. The first-order valence-electron chi connectivity index (χ1n) is 27.3. The molecule has 4 fully saturated rings. The fraction of sp³-hybridized carbons (Fsp3) is 0.717. The van der Waals surface area contributed by atoms with Crippen LogP contribution in [0.3, 0.4) is 0 Å². The van der Waals surface area contributed by atoms with Crippen molar-refractivity contribution in [2.24, 2.45) is 0 Å². The Morgan fingerprint density at radius 3 is 0.700 bits per heavy atom. The van der Waals surface area contributed by atoms with E-state index in [1.165, 1.54) is 0 Å². The monoisotopic (exact) mass is 1310 g/mol. The minimum absolute atomic E-state index is 0.613. The maximum atomic E-state index is 13.2. The molecule has 0 unspecified atom stereocenters. The Bertz CT molecular complexity index is 2500. The van der Waals surface area contributed by atoms with Gasteiger partial charge in [-0.15, -0.1) is 0 Å². The third-order valence-electron chi connectivity index (χ3n) is 12.4. The maximum absolute atomic E-state index is 13.2. The lowest BCUT2D eigenvalue weighted by Gasteiger charge is -2.49. The Morgan fingerprint density at radius 2 is 0.467 bits per heavy atom. The van der Waals surface area contributed by atoms with Crippen molar-refractivity contribution in [1.29, 1.82) is 0 Å². The summed E-state index contributed by atoms with van der Waals surface area (Å²) >= 11 is 5.74. The highest BCUT2D eigenvalue weighted by molar-refractivity contribution is 7.80. The fourth-order valence-corrected chi connectivity index (χ4v) is 9.79. The molecule has 504 valence electrons. The van der Waals surface area contributed by atoms with Gasteiger partial charge in [0.25, 0.3) is 0 Å². The summed E-state index contributed by atoms with van der Waals surface area (Å²) in [7, 11) is 0. The molecule has 90 heavy (non-hydrogen) atoms. The second-order valence-electron chi connectivity index (χ2n) is 20.0. The molecular weight excluding hydrogens is 1240 g/mol. The Morgan fingerprint density at radius 1 is 0.267 bits per heavy atom. The van der Waals surface area contributed by atoms with E-state index >= 15 is 0 Å². The molecule has 4 aliphatic heterocycles. The van der Waals surface area contributed by atoms with E-state index in [1.54, 1.807) is 0 Å². The van der Waals surface area contributed by atoms with Gasteiger partial charge in [0, 0.05) is 96.9 Å². The van der Waals surface area contributed by atoms with Crippen LogP contribution in [0, 0.1) is 0 Å². The second-order valence-corrected chi connectivity index (χ2v) is 20.5. The third-order valence-corrected chi connectivity index (χ3v) is 12.6. The fourth-order valence-electron chi connectivity index (χ4n) is 9.56. The van der Waals surface area contributed by atoms with Crippen LogP contribution in [0.2, 0.25) is 0 Å². The number of nitrogens with one attached hydrogen (secondary N) is 2. The molecule has 0 aliphatic carbocycles. The van der Waals surface area contributed by atoms with Crippen molar-refractivity contribution in [2.75, 3.05) is 26.4 Å². The maximum Gasteiger partial charge on any atom is 0.303 e. The van der Waals surface area contributed by atoms with Gasteiger partial charge in [-0.2, -0.15) is 0 Å². The summed E-state index contributed by atoms with van der Waals surface area (Å²) in [6.07, 6.45) is -36.8. The van der Waals surface area contributed by atoms with Crippen LogP contribution in [0.4, 0.5) is 0 Å². The van der Waals surface area contributed by atoms with E-state index < -0.39 is 238 Å². The number of hydrogen-bond acceptors (Lipinski definition) is 35. The molecule has 36 nitrogen and oxygen atoms in total. The Hall–Kier alpha value is -7.97. The topological polar surface area (TPSA) is 448 Å². The lowest BCUT2D eigenvalue weighted by molar-refractivity contribution is -0.346. The first-order valence-corrected chi connectivity index (χ1v) is 27.7. The number of esters is 14. The number of hydrogen-bond donors (Lipinski definition) is 2. The number of ether oxygens (including phenoxy) is 20. The van der Waals surface area contributed by atoms with E-state index in [9.17, 15) is 67.1 Å². The average Bonchev–Trinajstić information content (AvgIpc) is 0.788. The van der Waals surface area contributed by atoms with E-state index in [2.05, 4.69) is 10.6 Å². The molecule has 4 saturated heterocycles. The van der Waals surface area contributed by atoms with Gasteiger partial charge in [-0.05, 0) is 12.2 Å². The molecule has 20 atom stereocenters. The van der Waals surface area contributed by atoms with Crippen LogP contribution in [0.5, 0.6) is 0 Å². The van der Waals surface area contributed by atoms with Crippen molar-refractivity contribution in [2.45, 2.75) is 220 Å². The number of carbonyl (C=O) groups is 14. The standard InChI is InChI=1S/C53H72N2O34S/c1-19(56)70-15-33-39(88-51-47(82-31(13)68)43(78-27(9)64)37(74-23(5)60)35(86-51)17-72-21(3)58)41(76-25(7)62)45(80-29(11)66)49(84-33)54-53(90)55-50-46(81-30(12)67)42(77-26(8)63)40(34(85-50)16-71-20(2)57)89-52-48(83-32(14)69)44(79-28(10)65)38(75-24(6)61)36(87-52)18-73-22(4)59/h33-52H,15-18H2,1-14H3,(H2,54,55,90)/t33-,34-,35-,36-,37+,38+,39-,40-,41+,42+,43+,44+,45-,46-,47-,48-,49-,50-,51+,52+/m1/s1. The zero-order valence-electron chi connectivity index (χ0n) is 51.2. The summed E-state index contributed by atoms with van der Waals surface area (Å²) in [5.41, 5.74) is 0. The van der Waals surface area contributed by atoms with Gasteiger partial charge < -0.3 is 105 Å². The molecular formula is C53H72N2O34S. The Balaban J connectivity index is 1.87. The predicted molar refractivity (Wildman–Crippen MR) is 285 cm³/mol. The zero-order valence-corrected chi connectivity index (χ0v) is 52.0. The van der Waals surface area contributed by atoms with Gasteiger partial charge in [0.1, 0.15) is 63.1 Å². The van der Waals surface area contributed by atoms with Crippen LogP contribution >= 0.6 is 12.2 Å². The third kappa shape index (κ3) is 22.8. The molecule has 0 spiro atoms. The van der Waals surface area contributed by atoms with Gasteiger partial charge in [-0.25, -0.2) is 0 Å². The minimum atomic E-state index is -2.03. The molecule has 4 heterocycles. The van der Waals surface area contributed by atoms with Crippen LogP contribution in [-0.2, 0) is 162 Å². The van der Waals surface area contributed by atoms with Gasteiger partial charge >= 0.3 is 83.6 Å². The first-order chi connectivity index (χ1) is 42.0. The lowest BCUT2D eigenvalue weighted by Crippen LogP contribution is -2.71. The molecule has 4 aliphatic rings. The Labute approximate surface area is 518 Å². The quantitative estimate of drug-likeness (QED) is 0.0582. The molecule has 2 N–H and O–H groups in total. The smallest absolute Gasteiger partial charge is 0.303 e. The highest BCUT2D eigenvalue weighted by Gasteiger charge is 2.60. The molecule has 0 aromatic heterocycles. The summed E-state index contributed by atoms with van der Waals surface area (Å²) in [4.78, 5) is 177. The van der Waals surface area contributed by atoms with Crippen molar-refractivity contribution >= 4 is 101 Å². The highest BCUT2D eigenvalue weighted by Crippen LogP contribution is 2.38. The molecule has 37 heteroatoms. The van der Waals surface area contributed by atoms with E-state index in [-0.39, 0.29) is 0 Å². The highest BCUT2D eigenvalue weighted by atomic mass is 32.1. The summed E-state index contributed by atoms with van der Waals surface area (Å²) in [5, 5.41) is 4.78. The summed E-state index contributed by atoms with van der Waals surface area (Å²) in [6, 6.07) is 0.